The highest BCUT2D eigenvalue weighted by Gasteiger charge is 2.10. The van der Waals surface area contributed by atoms with Crippen molar-refractivity contribution >= 4 is 23.2 Å². The van der Waals surface area contributed by atoms with Gasteiger partial charge in [0, 0.05) is 23.9 Å². The van der Waals surface area contributed by atoms with Gasteiger partial charge in [-0.25, -0.2) is 9.78 Å². The molecule has 1 aromatic heterocycles. The summed E-state index contributed by atoms with van der Waals surface area (Å²) in [5.74, 6) is -0.995. The summed E-state index contributed by atoms with van der Waals surface area (Å²) in [5, 5.41) is 13.9. The summed E-state index contributed by atoms with van der Waals surface area (Å²) in [6, 6.07) is 7.58. The van der Waals surface area contributed by atoms with Crippen LogP contribution in [0.5, 0.6) is 0 Å². The van der Waals surface area contributed by atoms with E-state index in [0.717, 1.165) is 17.5 Å². The number of hydrogen-bond donors (Lipinski definition) is 2. The number of thiazole rings is 1. The fourth-order valence-electron chi connectivity index (χ4n) is 1.83. The standard InChI is InChI=1S/C15H16N2O3S/c1-2-4-13(18)16-8-10-5-3-6-11(7-10)14-17-12(9-21-14)15(19)20/h3,5-7,9H,2,4,8H2,1H3,(H,16,18)(H,19,20). The molecule has 0 radical (unpaired) electrons. The monoisotopic (exact) mass is 304 g/mol. The summed E-state index contributed by atoms with van der Waals surface area (Å²) >= 11 is 1.29. The van der Waals surface area contributed by atoms with Crippen molar-refractivity contribution in [1.82, 2.24) is 10.3 Å². The molecular formula is C15H16N2O3S. The van der Waals surface area contributed by atoms with E-state index < -0.39 is 5.97 Å². The molecule has 2 N–H and O–H groups in total. The number of rotatable bonds is 6. The van der Waals surface area contributed by atoms with Crippen LogP contribution in [0.3, 0.4) is 0 Å². The van der Waals surface area contributed by atoms with Gasteiger partial charge < -0.3 is 10.4 Å². The molecule has 0 aliphatic rings. The van der Waals surface area contributed by atoms with E-state index in [9.17, 15) is 9.59 Å². The van der Waals surface area contributed by atoms with E-state index >= 15 is 0 Å². The fourth-order valence-corrected chi connectivity index (χ4v) is 2.63. The Kier molecular flexibility index (Phi) is 5.05. The molecule has 0 bridgehead atoms. The quantitative estimate of drug-likeness (QED) is 0.860. The van der Waals surface area contributed by atoms with E-state index in [1.165, 1.54) is 16.7 Å². The van der Waals surface area contributed by atoms with Gasteiger partial charge in [0.2, 0.25) is 5.91 Å². The van der Waals surface area contributed by atoms with Crippen molar-refractivity contribution in [1.29, 1.82) is 0 Å². The van der Waals surface area contributed by atoms with E-state index in [1.54, 1.807) is 0 Å². The molecule has 0 aliphatic carbocycles. The molecule has 21 heavy (non-hydrogen) atoms. The number of amides is 1. The molecule has 0 spiro atoms. The Labute approximate surface area is 126 Å². The minimum Gasteiger partial charge on any atom is -0.476 e. The van der Waals surface area contributed by atoms with Crippen molar-refractivity contribution in [2.45, 2.75) is 26.3 Å². The number of carboxylic acids is 1. The van der Waals surface area contributed by atoms with Crippen molar-refractivity contribution < 1.29 is 14.7 Å². The zero-order valence-electron chi connectivity index (χ0n) is 11.6. The average molecular weight is 304 g/mol. The maximum Gasteiger partial charge on any atom is 0.355 e. The molecule has 0 saturated carbocycles. The highest BCUT2D eigenvalue weighted by Crippen LogP contribution is 2.24. The third kappa shape index (κ3) is 4.13. The molecule has 0 unspecified atom stereocenters. The van der Waals surface area contributed by atoms with Crippen LogP contribution in [0.15, 0.2) is 29.6 Å². The first-order chi connectivity index (χ1) is 10.1. The Balaban J connectivity index is 2.09. The maximum absolute atomic E-state index is 11.5. The number of aromatic carboxylic acids is 1. The normalized spacial score (nSPS) is 10.3. The molecule has 0 saturated heterocycles. The molecule has 1 heterocycles. The second-order valence-electron chi connectivity index (χ2n) is 4.57. The van der Waals surface area contributed by atoms with Crippen molar-refractivity contribution in [2.24, 2.45) is 0 Å². The molecule has 110 valence electrons. The lowest BCUT2D eigenvalue weighted by Crippen LogP contribution is -2.22. The minimum atomic E-state index is -1.03. The molecule has 0 atom stereocenters. The van der Waals surface area contributed by atoms with E-state index in [2.05, 4.69) is 10.3 Å². The maximum atomic E-state index is 11.5. The van der Waals surface area contributed by atoms with Crippen LogP contribution in [-0.2, 0) is 11.3 Å². The van der Waals surface area contributed by atoms with Gasteiger partial charge in [-0.2, -0.15) is 0 Å². The van der Waals surface area contributed by atoms with Gasteiger partial charge in [0.25, 0.3) is 0 Å². The van der Waals surface area contributed by atoms with Gasteiger partial charge in [0.15, 0.2) is 5.69 Å². The van der Waals surface area contributed by atoms with E-state index in [1.807, 2.05) is 31.2 Å². The Morgan fingerprint density at radius 1 is 1.38 bits per heavy atom. The number of nitrogens with one attached hydrogen (secondary N) is 1. The second kappa shape index (κ2) is 6.99. The first-order valence-corrected chi connectivity index (χ1v) is 7.53. The average Bonchev–Trinajstić information content (AvgIpc) is 2.96. The lowest BCUT2D eigenvalue weighted by atomic mass is 10.1. The minimum absolute atomic E-state index is 0.0327. The number of carbonyl (C=O) groups is 2. The molecule has 0 fully saturated rings. The molecule has 0 aliphatic heterocycles. The first-order valence-electron chi connectivity index (χ1n) is 6.65. The largest absolute Gasteiger partial charge is 0.476 e. The summed E-state index contributed by atoms with van der Waals surface area (Å²) in [7, 11) is 0. The summed E-state index contributed by atoms with van der Waals surface area (Å²) in [4.78, 5) is 26.4. The highest BCUT2D eigenvalue weighted by atomic mass is 32.1. The topological polar surface area (TPSA) is 79.3 Å². The number of carbonyl (C=O) groups excluding carboxylic acids is 1. The van der Waals surface area contributed by atoms with Gasteiger partial charge in [-0.1, -0.05) is 25.1 Å². The zero-order valence-corrected chi connectivity index (χ0v) is 12.4. The number of aromatic nitrogens is 1. The van der Waals surface area contributed by atoms with Crippen LogP contribution in [-0.4, -0.2) is 22.0 Å². The van der Waals surface area contributed by atoms with Crippen LogP contribution in [0.4, 0.5) is 0 Å². The van der Waals surface area contributed by atoms with Gasteiger partial charge in [-0.15, -0.1) is 11.3 Å². The zero-order chi connectivity index (χ0) is 15.2. The molecule has 1 aromatic carbocycles. The number of nitrogens with zero attached hydrogens (tertiary/aromatic N) is 1. The van der Waals surface area contributed by atoms with Crippen LogP contribution >= 0.6 is 11.3 Å². The number of carboxylic acid groups (broad SMARTS) is 1. The van der Waals surface area contributed by atoms with Gasteiger partial charge in [0.05, 0.1) is 0 Å². The summed E-state index contributed by atoms with van der Waals surface area (Å²) in [6.07, 6.45) is 1.34. The Morgan fingerprint density at radius 2 is 2.19 bits per heavy atom. The van der Waals surface area contributed by atoms with E-state index in [-0.39, 0.29) is 11.6 Å². The van der Waals surface area contributed by atoms with Crippen LogP contribution in [0.1, 0.15) is 35.8 Å². The third-order valence-electron chi connectivity index (χ3n) is 2.86. The van der Waals surface area contributed by atoms with Crippen molar-refractivity contribution in [3.8, 4) is 10.6 Å². The molecule has 6 heteroatoms. The van der Waals surface area contributed by atoms with Gasteiger partial charge in [-0.05, 0) is 18.1 Å². The Hall–Kier alpha value is -2.21. The van der Waals surface area contributed by atoms with E-state index in [0.29, 0.717) is 18.0 Å². The fraction of sp³-hybridized carbons (Fsp3) is 0.267. The first kappa shape index (κ1) is 15.2. The van der Waals surface area contributed by atoms with Crippen LogP contribution < -0.4 is 5.32 Å². The lowest BCUT2D eigenvalue weighted by Gasteiger charge is -2.05. The Bertz CT molecular complexity index is 652. The summed E-state index contributed by atoms with van der Waals surface area (Å²) in [5.41, 5.74) is 1.87. The number of benzene rings is 1. The SMILES string of the molecule is CCCC(=O)NCc1cccc(-c2nc(C(=O)O)cs2)c1. The molecule has 5 nitrogen and oxygen atoms in total. The van der Waals surface area contributed by atoms with Crippen molar-refractivity contribution in [3.05, 3.63) is 40.9 Å². The summed E-state index contributed by atoms with van der Waals surface area (Å²) < 4.78 is 0. The van der Waals surface area contributed by atoms with Crippen LogP contribution in [0, 0.1) is 0 Å². The van der Waals surface area contributed by atoms with Crippen LogP contribution in [0.25, 0.3) is 10.6 Å². The van der Waals surface area contributed by atoms with Crippen molar-refractivity contribution in [3.63, 3.8) is 0 Å². The predicted molar refractivity (Wildman–Crippen MR) is 81.3 cm³/mol. The molecule has 2 rings (SSSR count). The van der Waals surface area contributed by atoms with Gasteiger partial charge in [-0.3, -0.25) is 4.79 Å². The van der Waals surface area contributed by atoms with Crippen LogP contribution in [0.2, 0.25) is 0 Å². The van der Waals surface area contributed by atoms with Gasteiger partial charge in [0.1, 0.15) is 5.01 Å². The molecular weight excluding hydrogens is 288 g/mol. The highest BCUT2D eigenvalue weighted by molar-refractivity contribution is 7.13. The summed E-state index contributed by atoms with van der Waals surface area (Å²) in [6.45, 7) is 2.42. The molecule has 2 aromatic rings. The van der Waals surface area contributed by atoms with E-state index in [4.69, 9.17) is 5.11 Å². The predicted octanol–water partition coefficient (Wildman–Crippen LogP) is 2.92. The smallest absolute Gasteiger partial charge is 0.355 e. The third-order valence-corrected chi connectivity index (χ3v) is 3.76. The Morgan fingerprint density at radius 3 is 2.86 bits per heavy atom. The number of hydrogen-bond acceptors (Lipinski definition) is 4. The molecule has 1 amide bonds. The van der Waals surface area contributed by atoms with Gasteiger partial charge >= 0.3 is 5.97 Å². The van der Waals surface area contributed by atoms with Crippen molar-refractivity contribution in [2.75, 3.05) is 0 Å². The lowest BCUT2D eigenvalue weighted by molar-refractivity contribution is -0.121. The second-order valence-corrected chi connectivity index (χ2v) is 5.43.